The van der Waals surface area contributed by atoms with Crippen molar-refractivity contribution in [1.29, 1.82) is 0 Å². The smallest absolute Gasteiger partial charge is 0.213 e. The first kappa shape index (κ1) is 17.1. The van der Waals surface area contributed by atoms with Gasteiger partial charge >= 0.3 is 0 Å². The summed E-state index contributed by atoms with van der Waals surface area (Å²) >= 11 is 6.20. The van der Waals surface area contributed by atoms with E-state index in [2.05, 4.69) is 29.1 Å². The van der Waals surface area contributed by atoms with Gasteiger partial charge in [0.05, 0.1) is 17.9 Å². The van der Waals surface area contributed by atoms with Gasteiger partial charge in [0.1, 0.15) is 5.82 Å². The SMILES string of the molecule is C[C@@H]1CC(CNc2cc(Cl)cc(-c3ccnc(F)c3)n2)C[C@H](C)O1. The lowest BCUT2D eigenvalue weighted by atomic mass is 9.92. The number of hydrogen-bond acceptors (Lipinski definition) is 4. The van der Waals surface area contributed by atoms with Crippen LogP contribution in [0.4, 0.5) is 10.2 Å². The molecule has 0 amide bonds. The molecule has 1 saturated heterocycles. The summed E-state index contributed by atoms with van der Waals surface area (Å²) in [6.07, 6.45) is 4.04. The highest BCUT2D eigenvalue weighted by Gasteiger charge is 2.24. The van der Waals surface area contributed by atoms with Crippen molar-refractivity contribution in [2.45, 2.75) is 38.9 Å². The molecule has 3 heterocycles. The average molecular weight is 350 g/mol. The molecule has 0 bridgehead atoms. The number of ether oxygens (including phenoxy) is 1. The molecule has 0 saturated carbocycles. The molecule has 2 aromatic heterocycles. The summed E-state index contributed by atoms with van der Waals surface area (Å²) in [7, 11) is 0. The standard InChI is InChI=1S/C18H21ClFN3O/c1-11-5-13(6-12(2)24-11)10-22-18-9-15(19)8-16(23-18)14-3-4-21-17(20)7-14/h3-4,7-9,11-13H,5-6,10H2,1-2H3,(H,22,23)/t11-,12+,13?. The molecule has 4 nitrogen and oxygen atoms in total. The quantitative estimate of drug-likeness (QED) is 0.822. The maximum absolute atomic E-state index is 13.3. The molecule has 1 aliphatic rings. The molecule has 3 atom stereocenters. The Bertz CT molecular complexity index is 702. The number of aromatic nitrogens is 2. The summed E-state index contributed by atoms with van der Waals surface area (Å²) in [5.41, 5.74) is 1.28. The van der Waals surface area contributed by atoms with Crippen LogP contribution >= 0.6 is 11.6 Å². The van der Waals surface area contributed by atoms with Gasteiger partial charge in [-0.25, -0.2) is 9.97 Å². The van der Waals surface area contributed by atoms with Crippen molar-refractivity contribution >= 4 is 17.4 Å². The molecule has 0 spiro atoms. The van der Waals surface area contributed by atoms with Gasteiger partial charge in [-0.05, 0) is 50.8 Å². The molecule has 1 N–H and O–H groups in total. The largest absolute Gasteiger partial charge is 0.376 e. The minimum atomic E-state index is -0.533. The minimum Gasteiger partial charge on any atom is -0.376 e. The van der Waals surface area contributed by atoms with E-state index in [0.717, 1.165) is 19.4 Å². The Morgan fingerprint density at radius 1 is 1.25 bits per heavy atom. The van der Waals surface area contributed by atoms with Crippen LogP contribution in [0.3, 0.4) is 0 Å². The van der Waals surface area contributed by atoms with Crippen molar-refractivity contribution < 1.29 is 9.13 Å². The van der Waals surface area contributed by atoms with Gasteiger partial charge in [0.15, 0.2) is 0 Å². The monoisotopic (exact) mass is 349 g/mol. The van der Waals surface area contributed by atoms with Gasteiger partial charge < -0.3 is 10.1 Å². The first-order valence-corrected chi connectivity index (χ1v) is 8.56. The molecule has 1 fully saturated rings. The predicted molar refractivity (Wildman–Crippen MR) is 93.7 cm³/mol. The fourth-order valence-electron chi connectivity index (χ4n) is 3.26. The Hall–Kier alpha value is -1.72. The molecule has 1 unspecified atom stereocenters. The van der Waals surface area contributed by atoms with Crippen molar-refractivity contribution in [3.8, 4) is 11.3 Å². The van der Waals surface area contributed by atoms with Crippen molar-refractivity contribution in [2.24, 2.45) is 5.92 Å². The van der Waals surface area contributed by atoms with E-state index in [4.69, 9.17) is 16.3 Å². The van der Waals surface area contributed by atoms with Crippen LogP contribution in [-0.4, -0.2) is 28.7 Å². The Labute approximate surface area is 146 Å². The zero-order chi connectivity index (χ0) is 17.1. The Kier molecular flexibility index (Phi) is 5.31. The second kappa shape index (κ2) is 7.45. The Morgan fingerprint density at radius 2 is 2.00 bits per heavy atom. The molecular formula is C18H21ClFN3O. The molecule has 1 aliphatic heterocycles. The van der Waals surface area contributed by atoms with Crippen LogP contribution in [0.5, 0.6) is 0 Å². The summed E-state index contributed by atoms with van der Waals surface area (Å²) < 4.78 is 19.1. The van der Waals surface area contributed by atoms with Crippen molar-refractivity contribution in [2.75, 3.05) is 11.9 Å². The number of rotatable bonds is 4. The number of nitrogens with zero attached hydrogens (tertiary/aromatic N) is 2. The zero-order valence-corrected chi connectivity index (χ0v) is 14.6. The predicted octanol–water partition coefficient (Wildman–Crippen LogP) is 4.55. The van der Waals surface area contributed by atoms with Gasteiger partial charge in [0.2, 0.25) is 5.95 Å². The number of nitrogens with one attached hydrogen (secondary N) is 1. The topological polar surface area (TPSA) is 47.0 Å². The maximum atomic E-state index is 13.3. The maximum Gasteiger partial charge on any atom is 0.213 e. The van der Waals surface area contributed by atoms with Crippen molar-refractivity contribution in [3.63, 3.8) is 0 Å². The molecule has 0 aromatic carbocycles. The van der Waals surface area contributed by atoms with Gasteiger partial charge in [-0.1, -0.05) is 11.6 Å². The van der Waals surface area contributed by atoms with Gasteiger partial charge in [-0.2, -0.15) is 4.39 Å². The van der Waals surface area contributed by atoms with Crippen LogP contribution in [0.2, 0.25) is 5.02 Å². The molecule has 6 heteroatoms. The first-order chi connectivity index (χ1) is 11.5. The van der Waals surface area contributed by atoms with E-state index in [9.17, 15) is 4.39 Å². The van der Waals surface area contributed by atoms with Crippen molar-refractivity contribution in [3.05, 3.63) is 41.4 Å². The first-order valence-electron chi connectivity index (χ1n) is 8.18. The fourth-order valence-corrected chi connectivity index (χ4v) is 3.46. The van der Waals surface area contributed by atoms with Crippen LogP contribution in [0.1, 0.15) is 26.7 Å². The lowest BCUT2D eigenvalue weighted by Gasteiger charge is -2.32. The van der Waals surface area contributed by atoms with Gasteiger partial charge in [-0.15, -0.1) is 0 Å². The Morgan fingerprint density at radius 3 is 2.71 bits per heavy atom. The molecular weight excluding hydrogens is 329 g/mol. The van der Waals surface area contributed by atoms with E-state index in [1.807, 2.05) is 0 Å². The number of hydrogen-bond donors (Lipinski definition) is 1. The number of halogens is 2. The summed E-state index contributed by atoms with van der Waals surface area (Å²) in [4.78, 5) is 8.11. The van der Waals surface area contributed by atoms with Crippen LogP contribution < -0.4 is 5.32 Å². The van der Waals surface area contributed by atoms with Crippen LogP contribution in [0, 0.1) is 11.9 Å². The van der Waals surface area contributed by atoms with Crippen LogP contribution in [0.15, 0.2) is 30.5 Å². The molecule has 3 rings (SSSR count). The van der Waals surface area contributed by atoms with E-state index >= 15 is 0 Å². The van der Waals surface area contributed by atoms with E-state index in [1.54, 1.807) is 18.2 Å². The summed E-state index contributed by atoms with van der Waals surface area (Å²) in [5, 5.41) is 3.92. The average Bonchev–Trinajstić information content (AvgIpc) is 2.51. The minimum absolute atomic E-state index is 0.281. The van der Waals surface area contributed by atoms with Crippen molar-refractivity contribution in [1.82, 2.24) is 9.97 Å². The highest BCUT2D eigenvalue weighted by molar-refractivity contribution is 6.31. The molecule has 0 aliphatic carbocycles. The molecule has 128 valence electrons. The van der Waals surface area contributed by atoms with Crippen LogP contribution in [-0.2, 0) is 4.74 Å². The third kappa shape index (κ3) is 4.42. The van der Waals surface area contributed by atoms with Crippen LogP contribution in [0.25, 0.3) is 11.3 Å². The summed E-state index contributed by atoms with van der Waals surface area (Å²) in [5.74, 6) is 0.696. The van der Waals surface area contributed by atoms with E-state index in [-0.39, 0.29) is 12.2 Å². The highest BCUT2D eigenvalue weighted by Crippen LogP contribution is 2.27. The number of pyridine rings is 2. The van der Waals surface area contributed by atoms with Gasteiger partial charge in [0.25, 0.3) is 0 Å². The molecule has 2 aromatic rings. The van der Waals surface area contributed by atoms with Gasteiger partial charge in [0, 0.05) is 29.4 Å². The lowest BCUT2D eigenvalue weighted by Crippen LogP contribution is -2.32. The highest BCUT2D eigenvalue weighted by atomic mass is 35.5. The van der Waals surface area contributed by atoms with E-state index in [1.165, 1.54) is 12.3 Å². The Balaban J connectivity index is 1.72. The van der Waals surface area contributed by atoms with Gasteiger partial charge in [-0.3, -0.25) is 0 Å². The van der Waals surface area contributed by atoms with E-state index in [0.29, 0.717) is 28.0 Å². The number of anilines is 1. The normalized spacial score (nSPS) is 23.9. The molecule has 24 heavy (non-hydrogen) atoms. The van der Waals surface area contributed by atoms with E-state index < -0.39 is 5.95 Å². The lowest BCUT2D eigenvalue weighted by molar-refractivity contribution is -0.0495. The zero-order valence-electron chi connectivity index (χ0n) is 13.8. The second-order valence-electron chi connectivity index (χ2n) is 6.40. The second-order valence-corrected chi connectivity index (χ2v) is 6.84. The summed E-state index contributed by atoms with van der Waals surface area (Å²) in [6.45, 7) is 5.03. The fraction of sp³-hybridized carbons (Fsp3) is 0.444. The third-order valence-electron chi connectivity index (χ3n) is 4.18. The third-order valence-corrected chi connectivity index (χ3v) is 4.40. The summed E-state index contributed by atoms with van der Waals surface area (Å²) in [6, 6.07) is 6.58. The molecule has 0 radical (unpaired) electrons.